The number of nitro groups is 1. The smallest absolute Gasteiger partial charge is 0.269 e. The molecule has 13 heteroatoms. The highest BCUT2D eigenvalue weighted by Crippen LogP contribution is 2.41. The second-order valence-electron chi connectivity index (χ2n) is 8.22. The van der Waals surface area contributed by atoms with Crippen molar-refractivity contribution < 1.29 is 24.1 Å². The van der Waals surface area contributed by atoms with Gasteiger partial charge in [-0.2, -0.15) is 0 Å². The summed E-state index contributed by atoms with van der Waals surface area (Å²) in [6, 6.07) is 5.20. The maximum Gasteiger partial charge on any atom is 0.269 e. The van der Waals surface area contributed by atoms with Crippen LogP contribution in [-0.2, 0) is 19.2 Å². The Morgan fingerprint density at radius 2 is 1.03 bits per heavy atom. The second kappa shape index (κ2) is 10.7. The topological polar surface area (TPSA) is 124 Å². The molecule has 3 rings (SSSR count). The summed E-state index contributed by atoms with van der Waals surface area (Å²) >= 11 is 10.7. The average molecular weight is 534 g/mol. The molecule has 11 nitrogen and oxygen atoms in total. The van der Waals surface area contributed by atoms with Crippen LogP contribution in [0.15, 0.2) is 24.3 Å². The molecule has 0 unspecified atom stereocenters. The molecule has 0 aromatic heterocycles. The minimum atomic E-state index is -1.44. The number of benzene rings is 1. The predicted octanol–water partition coefficient (Wildman–Crippen LogP) is 1.90. The lowest BCUT2D eigenvalue weighted by atomic mass is 9.73. The number of carbonyl (C=O) groups excluding carboxylic acids is 4. The van der Waals surface area contributed by atoms with Gasteiger partial charge >= 0.3 is 0 Å². The average Bonchev–Trinajstić information content (AvgIpc) is 2.84. The van der Waals surface area contributed by atoms with Crippen molar-refractivity contribution in [1.82, 2.24) is 19.6 Å². The zero-order valence-electron chi connectivity index (χ0n) is 20.4. The van der Waals surface area contributed by atoms with Crippen LogP contribution >= 0.6 is 24.4 Å². The maximum absolute atomic E-state index is 13.7. The number of nitro benzene ring substituents is 1. The molecule has 0 atom stereocenters. The summed E-state index contributed by atoms with van der Waals surface area (Å²) in [6.07, 6.45) is 0. The highest BCUT2D eigenvalue weighted by Gasteiger charge is 2.55. The number of carbonyl (C=O) groups is 4. The molecular formula is C23H27N5O6S2. The summed E-state index contributed by atoms with van der Waals surface area (Å²) in [6.45, 7) is 7.57. The Kier molecular flexibility index (Phi) is 8.14. The van der Waals surface area contributed by atoms with Crippen molar-refractivity contribution in [2.75, 3.05) is 26.2 Å². The van der Waals surface area contributed by atoms with Crippen LogP contribution in [0.2, 0.25) is 0 Å². The first-order valence-electron chi connectivity index (χ1n) is 11.6. The van der Waals surface area contributed by atoms with Crippen LogP contribution in [0.25, 0.3) is 0 Å². The van der Waals surface area contributed by atoms with Gasteiger partial charge < -0.3 is 0 Å². The third-order valence-electron chi connectivity index (χ3n) is 6.52. The van der Waals surface area contributed by atoms with Crippen molar-refractivity contribution in [3.05, 3.63) is 39.9 Å². The lowest BCUT2D eigenvalue weighted by Crippen LogP contribution is -2.65. The van der Waals surface area contributed by atoms with Gasteiger partial charge in [0, 0.05) is 44.2 Å². The Bertz CT molecular complexity index is 1030. The van der Waals surface area contributed by atoms with Crippen LogP contribution in [0, 0.1) is 22.0 Å². The standard InChI is InChI=1S/C23H27N5O6S2/c1-5-24-18(29)16(19(30)25(6-2)22(24)35)15(13-9-11-14(12-10-13)28(33)34)17-20(31)26(7-3)23(36)27(8-4)21(17)32/h9-12,15-17H,5-8H2,1-4H3. The van der Waals surface area contributed by atoms with Crippen LogP contribution in [-0.4, -0.2) is 84.6 Å². The minimum absolute atomic E-state index is 0.0570. The van der Waals surface area contributed by atoms with Crippen molar-refractivity contribution in [3.8, 4) is 0 Å². The quantitative estimate of drug-likeness (QED) is 0.215. The van der Waals surface area contributed by atoms with Crippen molar-refractivity contribution in [3.63, 3.8) is 0 Å². The lowest BCUT2D eigenvalue weighted by molar-refractivity contribution is -0.384. The van der Waals surface area contributed by atoms with E-state index in [1.165, 1.54) is 43.9 Å². The van der Waals surface area contributed by atoms with Gasteiger partial charge in [0.15, 0.2) is 10.2 Å². The highest BCUT2D eigenvalue weighted by atomic mass is 32.1. The third kappa shape index (κ3) is 4.37. The largest absolute Gasteiger partial charge is 0.288 e. The van der Waals surface area contributed by atoms with E-state index in [1.54, 1.807) is 27.7 Å². The minimum Gasteiger partial charge on any atom is -0.288 e. The van der Waals surface area contributed by atoms with Gasteiger partial charge in [-0.3, -0.25) is 48.9 Å². The summed E-state index contributed by atoms with van der Waals surface area (Å²) in [4.78, 5) is 70.4. The Morgan fingerprint density at radius 1 is 0.722 bits per heavy atom. The first kappa shape index (κ1) is 27.3. The van der Waals surface area contributed by atoms with E-state index in [2.05, 4.69) is 0 Å². The van der Waals surface area contributed by atoms with E-state index in [1.807, 2.05) is 0 Å². The molecule has 1 aromatic carbocycles. The summed E-state index contributed by atoms with van der Waals surface area (Å²) < 4.78 is 0. The first-order valence-corrected chi connectivity index (χ1v) is 12.4. The van der Waals surface area contributed by atoms with E-state index >= 15 is 0 Å². The Morgan fingerprint density at radius 3 is 1.28 bits per heavy atom. The fourth-order valence-electron chi connectivity index (χ4n) is 4.73. The normalized spacial score (nSPS) is 18.2. The number of rotatable bonds is 8. The molecule has 2 aliphatic heterocycles. The zero-order chi connectivity index (χ0) is 26.9. The molecular weight excluding hydrogens is 506 g/mol. The summed E-state index contributed by atoms with van der Waals surface area (Å²) in [5.41, 5.74) is 0.0667. The molecule has 0 spiro atoms. The molecule has 0 radical (unpaired) electrons. The van der Waals surface area contributed by atoms with E-state index in [9.17, 15) is 29.3 Å². The lowest BCUT2D eigenvalue weighted by Gasteiger charge is -2.45. The first-order chi connectivity index (χ1) is 17.0. The molecule has 0 N–H and O–H groups in total. The van der Waals surface area contributed by atoms with Crippen LogP contribution in [0.3, 0.4) is 0 Å². The molecule has 36 heavy (non-hydrogen) atoms. The number of hydrogen-bond acceptors (Lipinski definition) is 8. The fraction of sp³-hybridized carbons (Fsp3) is 0.478. The Balaban J connectivity index is 2.26. The van der Waals surface area contributed by atoms with E-state index in [4.69, 9.17) is 24.4 Å². The van der Waals surface area contributed by atoms with Gasteiger partial charge in [-0.25, -0.2) is 0 Å². The van der Waals surface area contributed by atoms with Crippen LogP contribution in [0.5, 0.6) is 0 Å². The van der Waals surface area contributed by atoms with Gasteiger partial charge in [0.05, 0.1) is 4.92 Å². The summed E-state index contributed by atoms with van der Waals surface area (Å²) in [5.74, 6) is -6.62. The molecule has 2 saturated heterocycles. The number of thiocarbonyl (C=S) groups is 2. The second-order valence-corrected chi connectivity index (χ2v) is 8.96. The number of amides is 4. The van der Waals surface area contributed by atoms with E-state index in [-0.39, 0.29) is 47.7 Å². The third-order valence-corrected chi connectivity index (χ3v) is 7.41. The van der Waals surface area contributed by atoms with Crippen molar-refractivity contribution in [1.29, 1.82) is 0 Å². The summed E-state index contributed by atoms with van der Waals surface area (Å²) in [5, 5.41) is 11.3. The number of non-ortho nitro benzene ring substituents is 1. The van der Waals surface area contributed by atoms with Crippen molar-refractivity contribution in [2.24, 2.45) is 11.8 Å². The SMILES string of the molecule is CCN1C(=O)C(C(c2ccc([N+](=O)[O-])cc2)C2C(=O)N(CC)C(=S)N(CC)C2=O)C(=O)N(CC)C1=S. The van der Waals surface area contributed by atoms with Gasteiger partial charge in [0.25, 0.3) is 5.69 Å². The van der Waals surface area contributed by atoms with Gasteiger partial charge in [0.2, 0.25) is 23.6 Å². The monoisotopic (exact) mass is 533 g/mol. The Labute approximate surface area is 219 Å². The van der Waals surface area contributed by atoms with E-state index < -0.39 is 46.3 Å². The molecule has 0 bridgehead atoms. The molecule has 0 saturated carbocycles. The summed E-state index contributed by atoms with van der Waals surface area (Å²) in [7, 11) is 0. The molecule has 4 amide bonds. The van der Waals surface area contributed by atoms with E-state index in [0.717, 1.165) is 0 Å². The molecule has 2 fully saturated rings. The van der Waals surface area contributed by atoms with E-state index in [0.29, 0.717) is 0 Å². The van der Waals surface area contributed by atoms with Crippen LogP contribution in [0.4, 0.5) is 5.69 Å². The molecule has 2 heterocycles. The van der Waals surface area contributed by atoms with Gasteiger partial charge in [-0.05, 0) is 57.7 Å². The van der Waals surface area contributed by atoms with Crippen LogP contribution in [0.1, 0.15) is 39.2 Å². The molecule has 0 aliphatic carbocycles. The fourth-order valence-corrected chi connectivity index (χ4v) is 5.60. The van der Waals surface area contributed by atoms with Gasteiger partial charge in [-0.15, -0.1) is 0 Å². The molecule has 192 valence electrons. The molecule has 1 aromatic rings. The van der Waals surface area contributed by atoms with Crippen molar-refractivity contribution >= 4 is 64.0 Å². The van der Waals surface area contributed by atoms with Gasteiger partial charge in [-0.1, -0.05) is 12.1 Å². The molecule has 2 aliphatic rings. The highest BCUT2D eigenvalue weighted by molar-refractivity contribution is 7.80. The van der Waals surface area contributed by atoms with Crippen LogP contribution < -0.4 is 0 Å². The number of nitrogens with zero attached hydrogens (tertiary/aromatic N) is 5. The van der Waals surface area contributed by atoms with Crippen molar-refractivity contribution in [2.45, 2.75) is 33.6 Å². The Hall–Kier alpha value is -3.32. The number of hydrogen-bond donors (Lipinski definition) is 0. The maximum atomic E-state index is 13.7. The zero-order valence-corrected chi connectivity index (χ0v) is 22.0. The van der Waals surface area contributed by atoms with Gasteiger partial charge in [0.1, 0.15) is 11.8 Å². The predicted molar refractivity (Wildman–Crippen MR) is 138 cm³/mol.